The number of hydrogen-bond acceptors (Lipinski definition) is 4. The van der Waals surface area contributed by atoms with Gasteiger partial charge < -0.3 is 5.73 Å². The Morgan fingerprint density at radius 3 is 2.62 bits per heavy atom. The van der Waals surface area contributed by atoms with E-state index in [1.165, 1.54) is 14.6 Å². The molecule has 0 fully saturated rings. The highest BCUT2D eigenvalue weighted by Crippen LogP contribution is 2.37. The summed E-state index contributed by atoms with van der Waals surface area (Å²) in [7, 11) is 0. The molecule has 2 rings (SSSR count). The largest absolute Gasteiger partial charge is 0.329 e. The predicted molar refractivity (Wildman–Crippen MR) is 70.9 cm³/mol. The average molecular weight is 250 g/mol. The Labute approximate surface area is 104 Å². The van der Waals surface area contributed by atoms with Crippen LogP contribution in [-0.4, -0.2) is 11.5 Å². The lowest BCUT2D eigenvalue weighted by Gasteiger charge is -2.12. The van der Waals surface area contributed by atoms with Gasteiger partial charge in [-0.05, 0) is 31.2 Å². The Bertz CT molecular complexity index is 439. The summed E-state index contributed by atoms with van der Waals surface area (Å²) in [6, 6.07) is 8.36. The van der Waals surface area contributed by atoms with Gasteiger partial charge in [-0.15, -0.1) is 23.1 Å². The van der Waals surface area contributed by atoms with Crippen LogP contribution in [0.5, 0.6) is 0 Å². The van der Waals surface area contributed by atoms with E-state index in [9.17, 15) is 0 Å². The number of hydrogen-bond donors (Lipinski definition) is 1. The first-order valence-electron chi connectivity index (χ1n) is 5.12. The molecule has 1 atom stereocenters. The van der Waals surface area contributed by atoms with Gasteiger partial charge in [0.1, 0.15) is 0 Å². The molecule has 0 bridgehead atoms. The van der Waals surface area contributed by atoms with Crippen molar-refractivity contribution in [1.29, 1.82) is 0 Å². The third-order valence-corrected chi connectivity index (χ3v) is 4.76. The van der Waals surface area contributed by atoms with Crippen LogP contribution in [0.3, 0.4) is 0 Å². The molecule has 0 spiro atoms. The first-order chi connectivity index (χ1) is 7.79. The maximum atomic E-state index is 5.83. The number of thioether (sulfide) groups is 1. The topological polar surface area (TPSA) is 38.9 Å². The van der Waals surface area contributed by atoms with Gasteiger partial charge in [-0.1, -0.05) is 0 Å². The highest BCUT2D eigenvalue weighted by atomic mass is 32.2. The Balaban J connectivity index is 2.12. The molecule has 0 saturated carbocycles. The number of thiophene rings is 1. The standard InChI is InChI=1S/C12H14N2S2/c1-9-2-3-11(15-9)12(8-13)16-10-4-6-14-7-5-10/h2-7,12H,8,13H2,1H3. The molecule has 2 nitrogen and oxygen atoms in total. The summed E-state index contributed by atoms with van der Waals surface area (Å²) in [6.07, 6.45) is 3.63. The minimum absolute atomic E-state index is 0.348. The summed E-state index contributed by atoms with van der Waals surface area (Å²) in [6.45, 7) is 2.78. The van der Waals surface area contributed by atoms with E-state index in [1.54, 1.807) is 11.8 Å². The van der Waals surface area contributed by atoms with Crippen molar-refractivity contribution in [1.82, 2.24) is 4.98 Å². The molecule has 84 valence electrons. The van der Waals surface area contributed by atoms with Crippen molar-refractivity contribution >= 4 is 23.1 Å². The summed E-state index contributed by atoms with van der Waals surface area (Å²) in [5, 5.41) is 0.348. The molecule has 2 heterocycles. The maximum Gasteiger partial charge on any atom is 0.0560 e. The highest BCUT2D eigenvalue weighted by Gasteiger charge is 2.12. The third kappa shape index (κ3) is 2.84. The monoisotopic (exact) mass is 250 g/mol. The van der Waals surface area contributed by atoms with Gasteiger partial charge in [0.15, 0.2) is 0 Å². The molecule has 2 N–H and O–H groups in total. The maximum absolute atomic E-state index is 5.83. The molecule has 0 aromatic carbocycles. The zero-order chi connectivity index (χ0) is 11.4. The molecular formula is C12H14N2S2. The van der Waals surface area contributed by atoms with Crippen LogP contribution in [0.15, 0.2) is 41.6 Å². The number of nitrogens with two attached hydrogens (primary N) is 1. The molecule has 2 aromatic heterocycles. The van der Waals surface area contributed by atoms with Crippen molar-refractivity contribution in [2.75, 3.05) is 6.54 Å². The molecule has 0 aliphatic heterocycles. The second kappa shape index (κ2) is 5.48. The van der Waals surface area contributed by atoms with Gasteiger partial charge >= 0.3 is 0 Å². The SMILES string of the molecule is Cc1ccc(C(CN)Sc2ccncc2)s1. The van der Waals surface area contributed by atoms with E-state index in [-0.39, 0.29) is 0 Å². The molecule has 2 aromatic rings. The predicted octanol–water partition coefficient (Wildman–Crippen LogP) is 3.24. The lowest BCUT2D eigenvalue weighted by Crippen LogP contribution is -2.07. The Kier molecular flexibility index (Phi) is 3.98. The molecule has 0 radical (unpaired) electrons. The molecule has 0 aliphatic rings. The van der Waals surface area contributed by atoms with E-state index < -0.39 is 0 Å². The molecular weight excluding hydrogens is 236 g/mol. The summed E-state index contributed by atoms with van der Waals surface area (Å²) in [5.41, 5.74) is 5.83. The van der Waals surface area contributed by atoms with Crippen molar-refractivity contribution in [3.8, 4) is 0 Å². The minimum Gasteiger partial charge on any atom is -0.329 e. The fourth-order valence-corrected chi connectivity index (χ4v) is 3.49. The fraction of sp³-hybridized carbons (Fsp3) is 0.250. The average Bonchev–Trinajstić information content (AvgIpc) is 2.74. The van der Waals surface area contributed by atoms with Crippen molar-refractivity contribution in [3.63, 3.8) is 0 Å². The first kappa shape index (κ1) is 11.6. The fourth-order valence-electron chi connectivity index (χ4n) is 1.43. The lowest BCUT2D eigenvalue weighted by atomic mass is 10.3. The number of aryl methyl sites for hydroxylation is 1. The van der Waals surface area contributed by atoms with Gasteiger partial charge in [-0.3, -0.25) is 4.98 Å². The second-order valence-electron chi connectivity index (χ2n) is 3.47. The van der Waals surface area contributed by atoms with Crippen LogP contribution >= 0.6 is 23.1 Å². The third-order valence-electron chi connectivity index (χ3n) is 2.22. The zero-order valence-electron chi connectivity index (χ0n) is 9.09. The van der Waals surface area contributed by atoms with E-state index in [1.807, 2.05) is 35.9 Å². The summed E-state index contributed by atoms with van der Waals surface area (Å²) >= 11 is 3.62. The number of aromatic nitrogens is 1. The van der Waals surface area contributed by atoms with Crippen molar-refractivity contribution in [2.24, 2.45) is 5.73 Å². The van der Waals surface area contributed by atoms with Crippen LogP contribution in [0.2, 0.25) is 0 Å². The van der Waals surface area contributed by atoms with Crippen LogP contribution in [-0.2, 0) is 0 Å². The Morgan fingerprint density at radius 1 is 1.31 bits per heavy atom. The van der Waals surface area contributed by atoms with Crippen LogP contribution < -0.4 is 5.73 Å². The van der Waals surface area contributed by atoms with Gasteiger partial charge in [0.2, 0.25) is 0 Å². The van der Waals surface area contributed by atoms with Crippen LogP contribution in [0.1, 0.15) is 15.0 Å². The molecule has 4 heteroatoms. The van der Waals surface area contributed by atoms with Gasteiger partial charge in [-0.25, -0.2) is 0 Å². The van der Waals surface area contributed by atoms with Crippen molar-refractivity contribution < 1.29 is 0 Å². The van der Waals surface area contributed by atoms with E-state index in [2.05, 4.69) is 24.0 Å². The van der Waals surface area contributed by atoms with Gasteiger partial charge in [-0.2, -0.15) is 0 Å². The number of pyridine rings is 1. The minimum atomic E-state index is 0.348. The lowest BCUT2D eigenvalue weighted by molar-refractivity contribution is 0.960. The van der Waals surface area contributed by atoms with Crippen LogP contribution in [0.25, 0.3) is 0 Å². The van der Waals surface area contributed by atoms with Crippen LogP contribution in [0.4, 0.5) is 0 Å². The zero-order valence-corrected chi connectivity index (χ0v) is 10.7. The van der Waals surface area contributed by atoms with Gasteiger partial charge in [0.05, 0.1) is 5.25 Å². The Morgan fingerprint density at radius 2 is 2.06 bits per heavy atom. The highest BCUT2D eigenvalue weighted by molar-refractivity contribution is 7.99. The second-order valence-corrected chi connectivity index (χ2v) is 6.07. The van der Waals surface area contributed by atoms with Crippen molar-refractivity contribution in [3.05, 3.63) is 46.4 Å². The number of rotatable bonds is 4. The molecule has 1 unspecified atom stereocenters. The van der Waals surface area contributed by atoms with E-state index in [0.717, 1.165) is 0 Å². The smallest absolute Gasteiger partial charge is 0.0560 e. The number of nitrogens with zero attached hydrogens (tertiary/aromatic N) is 1. The quantitative estimate of drug-likeness (QED) is 0.847. The van der Waals surface area contributed by atoms with Gasteiger partial charge in [0.25, 0.3) is 0 Å². The van der Waals surface area contributed by atoms with Gasteiger partial charge in [0, 0.05) is 33.6 Å². The molecule has 0 amide bonds. The summed E-state index contributed by atoms with van der Waals surface area (Å²) in [4.78, 5) is 7.92. The first-order valence-corrected chi connectivity index (χ1v) is 6.82. The van der Waals surface area contributed by atoms with E-state index in [4.69, 9.17) is 5.73 Å². The normalized spacial score (nSPS) is 12.6. The van der Waals surface area contributed by atoms with E-state index in [0.29, 0.717) is 11.8 Å². The van der Waals surface area contributed by atoms with E-state index >= 15 is 0 Å². The molecule has 0 saturated heterocycles. The summed E-state index contributed by atoms with van der Waals surface area (Å²) in [5.74, 6) is 0. The molecule has 16 heavy (non-hydrogen) atoms. The Hall–Kier alpha value is -0.840. The van der Waals surface area contributed by atoms with Crippen LogP contribution in [0, 0.1) is 6.92 Å². The van der Waals surface area contributed by atoms with Crippen molar-refractivity contribution in [2.45, 2.75) is 17.1 Å². The summed E-state index contributed by atoms with van der Waals surface area (Å²) < 4.78 is 0. The molecule has 0 aliphatic carbocycles.